The summed E-state index contributed by atoms with van der Waals surface area (Å²) in [5, 5.41) is 9.23. The van der Waals surface area contributed by atoms with E-state index in [0.717, 1.165) is 0 Å². The second-order valence-electron chi connectivity index (χ2n) is 3.62. The number of aromatic hydroxyl groups is 1. The SMILES string of the molecule is COc1cc(O)c2c(c1)C(Cl)C(C)OC2=O. The zero-order valence-electron chi connectivity index (χ0n) is 8.86. The Kier molecular flexibility index (Phi) is 2.68. The van der Waals surface area contributed by atoms with Gasteiger partial charge in [0.2, 0.25) is 0 Å². The fourth-order valence-corrected chi connectivity index (χ4v) is 1.94. The number of cyclic esters (lactones) is 1. The van der Waals surface area contributed by atoms with E-state index in [1.165, 1.54) is 13.2 Å². The van der Waals surface area contributed by atoms with Crippen molar-refractivity contribution < 1.29 is 19.4 Å². The molecule has 1 aromatic rings. The summed E-state index contributed by atoms with van der Waals surface area (Å²) in [7, 11) is 1.48. The van der Waals surface area contributed by atoms with E-state index in [4.69, 9.17) is 21.1 Å². The van der Waals surface area contributed by atoms with Crippen molar-refractivity contribution in [3.63, 3.8) is 0 Å². The van der Waals surface area contributed by atoms with Crippen molar-refractivity contribution in [3.8, 4) is 11.5 Å². The highest BCUT2D eigenvalue weighted by Gasteiger charge is 2.34. The van der Waals surface area contributed by atoms with Crippen molar-refractivity contribution in [3.05, 3.63) is 23.3 Å². The van der Waals surface area contributed by atoms with E-state index in [1.54, 1.807) is 13.0 Å². The smallest absolute Gasteiger partial charge is 0.342 e. The van der Waals surface area contributed by atoms with Crippen LogP contribution in [0.1, 0.15) is 28.2 Å². The number of alkyl halides is 1. The van der Waals surface area contributed by atoms with Gasteiger partial charge in [-0.15, -0.1) is 11.6 Å². The van der Waals surface area contributed by atoms with Gasteiger partial charge in [0, 0.05) is 6.07 Å². The van der Waals surface area contributed by atoms with Gasteiger partial charge in [-0.2, -0.15) is 0 Å². The van der Waals surface area contributed by atoms with Crippen LogP contribution in [-0.2, 0) is 4.74 Å². The second kappa shape index (κ2) is 3.87. The lowest BCUT2D eigenvalue weighted by Gasteiger charge is -2.27. The highest BCUT2D eigenvalue weighted by molar-refractivity contribution is 6.22. The zero-order chi connectivity index (χ0) is 11.9. The molecule has 1 heterocycles. The number of phenols is 1. The van der Waals surface area contributed by atoms with Crippen LogP contribution in [0.25, 0.3) is 0 Å². The number of phenolic OH excluding ortho intramolecular Hbond substituents is 1. The van der Waals surface area contributed by atoms with Gasteiger partial charge in [-0.1, -0.05) is 0 Å². The number of carbonyl (C=O) groups is 1. The maximum atomic E-state index is 11.6. The number of rotatable bonds is 1. The molecule has 4 nitrogen and oxygen atoms in total. The number of benzene rings is 1. The number of carbonyl (C=O) groups excluding carboxylic acids is 1. The van der Waals surface area contributed by atoms with Crippen molar-refractivity contribution in [1.82, 2.24) is 0 Å². The first-order valence-electron chi connectivity index (χ1n) is 4.80. The summed E-state index contributed by atoms with van der Waals surface area (Å²) in [6.45, 7) is 1.70. The van der Waals surface area contributed by atoms with Gasteiger partial charge in [0.25, 0.3) is 0 Å². The monoisotopic (exact) mass is 242 g/mol. The van der Waals surface area contributed by atoms with Gasteiger partial charge in [-0.25, -0.2) is 4.79 Å². The quantitative estimate of drug-likeness (QED) is 0.606. The van der Waals surface area contributed by atoms with Crippen LogP contribution in [-0.4, -0.2) is 24.3 Å². The molecule has 16 heavy (non-hydrogen) atoms. The Bertz CT molecular complexity index is 444. The molecule has 0 fully saturated rings. The molecule has 5 heteroatoms. The van der Waals surface area contributed by atoms with E-state index in [2.05, 4.69) is 0 Å². The Balaban J connectivity index is 2.62. The lowest BCUT2D eigenvalue weighted by Crippen LogP contribution is -2.27. The van der Waals surface area contributed by atoms with Gasteiger partial charge in [-0.05, 0) is 18.6 Å². The molecular weight excluding hydrogens is 232 g/mol. The first-order chi connectivity index (χ1) is 7.54. The number of hydrogen-bond donors (Lipinski definition) is 1. The lowest BCUT2D eigenvalue weighted by molar-refractivity contribution is 0.0284. The average molecular weight is 243 g/mol. The minimum atomic E-state index is -0.556. The standard InChI is InChI=1S/C11H11ClO4/c1-5-10(12)7-3-6(15-2)4-8(13)9(7)11(14)16-5/h3-5,10,13H,1-2H3. The first kappa shape index (κ1) is 11.1. The summed E-state index contributed by atoms with van der Waals surface area (Å²) < 4.78 is 10.0. The topological polar surface area (TPSA) is 55.8 Å². The molecule has 1 aromatic carbocycles. The summed E-state index contributed by atoms with van der Waals surface area (Å²) in [6, 6.07) is 3.00. The van der Waals surface area contributed by atoms with Crippen molar-refractivity contribution in [1.29, 1.82) is 0 Å². The third kappa shape index (κ3) is 1.59. The van der Waals surface area contributed by atoms with E-state index < -0.39 is 17.5 Å². The maximum absolute atomic E-state index is 11.6. The fraction of sp³-hybridized carbons (Fsp3) is 0.364. The normalized spacial score (nSPS) is 23.6. The number of fused-ring (bicyclic) bond motifs is 1. The largest absolute Gasteiger partial charge is 0.507 e. The Morgan fingerprint density at radius 3 is 2.81 bits per heavy atom. The minimum Gasteiger partial charge on any atom is -0.507 e. The van der Waals surface area contributed by atoms with Crippen LogP contribution in [0.15, 0.2) is 12.1 Å². The third-order valence-electron chi connectivity index (χ3n) is 2.56. The van der Waals surface area contributed by atoms with Crippen molar-refractivity contribution in [2.75, 3.05) is 7.11 Å². The highest BCUT2D eigenvalue weighted by Crippen LogP contribution is 2.40. The number of hydrogen-bond acceptors (Lipinski definition) is 4. The Morgan fingerprint density at radius 2 is 2.19 bits per heavy atom. The molecule has 1 aliphatic rings. The highest BCUT2D eigenvalue weighted by atomic mass is 35.5. The predicted molar refractivity (Wildman–Crippen MR) is 58.1 cm³/mol. The van der Waals surface area contributed by atoms with Crippen molar-refractivity contribution >= 4 is 17.6 Å². The Morgan fingerprint density at radius 1 is 1.50 bits per heavy atom. The summed E-state index contributed by atoms with van der Waals surface area (Å²) in [5.74, 6) is -0.264. The molecule has 86 valence electrons. The molecule has 2 atom stereocenters. The number of halogens is 1. The summed E-state index contributed by atoms with van der Waals surface area (Å²) in [4.78, 5) is 11.6. The van der Waals surface area contributed by atoms with Crippen LogP contribution in [0.5, 0.6) is 11.5 Å². The first-order valence-corrected chi connectivity index (χ1v) is 5.24. The molecule has 1 aliphatic heterocycles. The van der Waals surface area contributed by atoms with Gasteiger partial charge in [0.05, 0.1) is 12.5 Å². The summed E-state index contributed by atoms with van der Waals surface area (Å²) in [5.41, 5.74) is 0.668. The van der Waals surface area contributed by atoms with Crippen LogP contribution in [0.3, 0.4) is 0 Å². The molecule has 1 N–H and O–H groups in total. The van der Waals surface area contributed by atoms with Crippen LogP contribution in [0.2, 0.25) is 0 Å². The van der Waals surface area contributed by atoms with E-state index in [-0.39, 0.29) is 11.3 Å². The minimum absolute atomic E-state index is 0.124. The molecule has 0 saturated carbocycles. The third-order valence-corrected chi connectivity index (χ3v) is 3.15. The maximum Gasteiger partial charge on any atom is 0.342 e. The van der Waals surface area contributed by atoms with Gasteiger partial charge in [0.15, 0.2) is 0 Å². The molecule has 0 aliphatic carbocycles. The van der Waals surface area contributed by atoms with Crippen LogP contribution >= 0.6 is 11.6 Å². The molecule has 0 aromatic heterocycles. The van der Waals surface area contributed by atoms with E-state index >= 15 is 0 Å². The number of methoxy groups -OCH3 is 1. The number of ether oxygens (including phenoxy) is 2. The van der Waals surface area contributed by atoms with E-state index in [9.17, 15) is 9.90 Å². The molecule has 0 amide bonds. The predicted octanol–water partition coefficient (Wildman–Crippen LogP) is 2.24. The second-order valence-corrected chi connectivity index (χ2v) is 4.09. The van der Waals surface area contributed by atoms with Gasteiger partial charge >= 0.3 is 5.97 Å². The Hall–Kier alpha value is -1.42. The van der Waals surface area contributed by atoms with E-state index in [0.29, 0.717) is 11.3 Å². The average Bonchev–Trinajstić information content (AvgIpc) is 2.24. The van der Waals surface area contributed by atoms with Crippen LogP contribution < -0.4 is 4.74 Å². The zero-order valence-corrected chi connectivity index (χ0v) is 9.62. The molecule has 0 spiro atoms. The van der Waals surface area contributed by atoms with Gasteiger partial charge < -0.3 is 14.6 Å². The van der Waals surface area contributed by atoms with Crippen molar-refractivity contribution in [2.45, 2.75) is 18.4 Å². The molecule has 0 radical (unpaired) electrons. The van der Waals surface area contributed by atoms with Crippen molar-refractivity contribution in [2.24, 2.45) is 0 Å². The molecular formula is C11H11ClO4. The summed E-state index contributed by atoms with van der Waals surface area (Å²) >= 11 is 6.12. The Labute approximate surface area is 97.7 Å². The lowest BCUT2D eigenvalue weighted by atomic mass is 9.97. The number of esters is 1. The van der Waals surface area contributed by atoms with Gasteiger partial charge in [0.1, 0.15) is 23.2 Å². The summed E-state index contributed by atoms with van der Waals surface area (Å²) in [6.07, 6.45) is -0.423. The fourth-order valence-electron chi connectivity index (χ4n) is 1.72. The van der Waals surface area contributed by atoms with E-state index in [1.807, 2.05) is 0 Å². The van der Waals surface area contributed by atoms with Crippen LogP contribution in [0.4, 0.5) is 0 Å². The molecule has 2 unspecified atom stereocenters. The van der Waals surface area contributed by atoms with Gasteiger partial charge in [-0.3, -0.25) is 0 Å². The molecule has 2 rings (SSSR count). The van der Waals surface area contributed by atoms with Crippen LogP contribution in [0, 0.1) is 0 Å². The molecule has 0 bridgehead atoms. The molecule has 0 saturated heterocycles.